The molecule has 2 rings (SSSR count). The Hall–Kier alpha value is -1.67. The van der Waals surface area contributed by atoms with Crippen molar-refractivity contribution in [2.24, 2.45) is 0 Å². The molecule has 0 radical (unpaired) electrons. The number of anilines is 1. The number of benzene rings is 1. The summed E-state index contributed by atoms with van der Waals surface area (Å²) in [5.74, 6) is 0.279. The summed E-state index contributed by atoms with van der Waals surface area (Å²) in [7, 11) is 0. The summed E-state index contributed by atoms with van der Waals surface area (Å²) in [6.45, 7) is 0.604. The molecule has 5 nitrogen and oxygen atoms in total. The van der Waals surface area contributed by atoms with Crippen molar-refractivity contribution in [2.75, 3.05) is 17.6 Å². The smallest absolute Gasteiger partial charge is 0.272 e. The molecule has 0 aliphatic carbocycles. The Kier molecular flexibility index (Phi) is 5.31. The molecule has 1 heterocycles. The Labute approximate surface area is 123 Å². The van der Waals surface area contributed by atoms with Gasteiger partial charge in [0.25, 0.3) is 5.69 Å². The highest BCUT2D eigenvalue weighted by molar-refractivity contribution is 8.00. The van der Waals surface area contributed by atoms with Gasteiger partial charge < -0.3 is 5.32 Å². The quantitative estimate of drug-likeness (QED) is 0.364. The highest BCUT2D eigenvalue weighted by atomic mass is 32.2. The molecule has 0 unspecified atom stereocenters. The summed E-state index contributed by atoms with van der Waals surface area (Å²) in [6.07, 6.45) is 2.61. The van der Waals surface area contributed by atoms with Crippen LogP contribution in [0.1, 0.15) is 6.42 Å². The molecule has 0 atom stereocenters. The third kappa shape index (κ3) is 4.17. The lowest BCUT2D eigenvalue weighted by molar-refractivity contribution is -0.385. The fraction of sp³-hybridized carbons (Fsp3) is 0.250. The van der Waals surface area contributed by atoms with Gasteiger partial charge in [-0.1, -0.05) is 11.8 Å². The number of hydrogen-bond donors (Lipinski definition) is 1. The number of nitrogens with zero attached hydrogens (tertiary/aromatic N) is 2. The summed E-state index contributed by atoms with van der Waals surface area (Å²) < 4.78 is 14.6. The Morgan fingerprint density at radius 3 is 3.00 bits per heavy atom. The second-order valence-electron chi connectivity index (χ2n) is 3.85. The van der Waals surface area contributed by atoms with Crippen LogP contribution in [0.15, 0.2) is 34.1 Å². The van der Waals surface area contributed by atoms with Crippen LogP contribution >= 0.6 is 23.1 Å². The Morgan fingerprint density at radius 2 is 2.35 bits per heavy atom. The number of rotatable bonds is 7. The average molecular weight is 313 g/mol. The number of halogens is 1. The van der Waals surface area contributed by atoms with Gasteiger partial charge >= 0.3 is 0 Å². The number of nitro groups is 1. The van der Waals surface area contributed by atoms with Crippen LogP contribution in [0.4, 0.5) is 15.8 Å². The van der Waals surface area contributed by atoms with Crippen molar-refractivity contribution in [2.45, 2.75) is 10.8 Å². The molecule has 20 heavy (non-hydrogen) atoms. The van der Waals surface area contributed by atoms with Crippen molar-refractivity contribution >= 4 is 34.5 Å². The SMILES string of the molecule is O=[N+]([O-])c1ccc(NCCCSc2nccs2)c(F)c1. The summed E-state index contributed by atoms with van der Waals surface area (Å²) in [4.78, 5) is 14.0. The van der Waals surface area contributed by atoms with Gasteiger partial charge in [-0.2, -0.15) is 0 Å². The molecular formula is C12H12FN3O2S2. The van der Waals surface area contributed by atoms with Gasteiger partial charge in [0, 0.05) is 29.9 Å². The second kappa shape index (κ2) is 7.20. The molecule has 0 saturated heterocycles. The molecule has 2 aromatic rings. The number of aromatic nitrogens is 1. The number of nitro benzene ring substituents is 1. The predicted molar refractivity (Wildman–Crippen MR) is 79.0 cm³/mol. The lowest BCUT2D eigenvalue weighted by Gasteiger charge is -2.06. The molecule has 0 aliphatic heterocycles. The highest BCUT2D eigenvalue weighted by Crippen LogP contribution is 2.22. The number of nitrogens with one attached hydrogen (secondary N) is 1. The zero-order chi connectivity index (χ0) is 14.4. The molecule has 1 aromatic carbocycles. The van der Waals surface area contributed by atoms with Crippen LogP contribution in [0, 0.1) is 15.9 Å². The first kappa shape index (κ1) is 14.7. The highest BCUT2D eigenvalue weighted by Gasteiger charge is 2.10. The molecule has 8 heteroatoms. The van der Waals surface area contributed by atoms with Gasteiger partial charge in [0.15, 0.2) is 5.82 Å². The van der Waals surface area contributed by atoms with Gasteiger partial charge in [0.2, 0.25) is 0 Å². The van der Waals surface area contributed by atoms with E-state index in [-0.39, 0.29) is 11.4 Å². The molecule has 0 amide bonds. The van der Waals surface area contributed by atoms with Gasteiger partial charge in [-0.15, -0.1) is 11.3 Å². The van der Waals surface area contributed by atoms with Crippen molar-refractivity contribution < 1.29 is 9.31 Å². The third-order valence-electron chi connectivity index (χ3n) is 2.44. The summed E-state index contributed by atoms with van der Waals surface area (Å²) in [5.41, 5.74) is 0.0437. The van der Waals surface area contributed by atoms with Gasteiger partial charge in [-0.25, -0.2) is 9.37 Å². The van der Waals surface area contributed by atoms with E-state index in [1.165, 1.54) is 12.1 Å². The van der Waals surface area contributed by atoms with Crippen LogP contribution in [0.3, 0.4) is 0 Å². The Morgan fingerprint density at radius 1 is 1.50 bits per heavy atom. The molecule has 0 bridgehead atoms. The fourth-order valence-electron chi connectivity index (χ4n) is 1.50. The lowest BCUT2D eigenvalue weighted by Crippen LogP contribution is -2.04. The van der Waals surface area contributed by atoms with Crippen LogP contribution in [-0.4, -0.2) is 22.2 Å². The molecule has 0 spiro atoms. The van der Waals surface area contributed by atoms with Crippen molar-refractivity contribution in [1.82, 2.24) is 4.98 Å². The monoisotopic (exact) mass is 313 g/mol. The normalized spacial score (nSPS) is 10.4. The maximum Gasteiger partial charge on any atom is 0.272 e. The Balaban J connectivity index is 1.75. The first-order valence-electron chi connectivity index (χ1n) is 5.87. The largest absolute Gasteiger partial charge is 0.383 e. The van der Waals surface area contributed by atoms with Gasteiger partial charge in [0.05, 0.1) is 16.7 Å². The van der Waals surface area contributed by atoms with Gasteiger partial charge in [0.1, 0.15) is 4.34 Å². The minimum atomic E-state index is -0.614. The van der Waals surface area contributed by atoms with Crippen molar-refractivity contribution in [3.63, 3.8) is 0 Å². The standard InChI is InChI=1S/C12H12FN3O2S2/c13-10-8-9(16(17)18)2-3-11(10)14-4-1-6-19-12-15-5-7-20-12/h2-3,5,7-8,14H,1,4,6H2. The molecule has 1 aromatic heterocycles. The third-order valence-corrected chi connectivity index (χ3v) is 4.49. The van der Waals surface area contributed by atoms with E-state index in [1.807, 2.05) is 5.38 Å². The van der Waals surface area contributed by atoms with E-state index in [2.05, 4.69) is 10.3 Å². The van der Waals surface area contributed by atoms with Crippen LogP contribution < -0.4 is 5.32 Å². The minimum Gasteiger partial charge on any atom is -0.383 e. The molecule has 0 fully saturated rings. The average Bonchev–Trinajstić information content (AvgIpc) is 2.93. The van der Waals surface area contributed by atoms with Gasteiger partial charge in [-0.3, -0.25) is 10.1 Å². The number of non-ortho nitro benzene ring substituents is 1. The topological polar surface area (TPSA) is 68.1 Å². The zero-order valence-corrected chi connectivity index (χ0v) is 12.0. The van der Waals surface area contributed by atoms with E-state index in [1.54, 1.807) is 29.3 Å². The predicted octanol–water partition coefficient (Wildman–Crippen LogP) is 3.78. The number of thiazole rings is 1. The van der Waals surface area contributed by atoms with E-state index in [0.717, 1.165) is 22.6 Å². The molecular weight excluding hydrogens is 301 g/mol. The maximum absolute atomic E-state index is 13.6. The Bertz CT molecular complexity index is 578. The van der Waals surface area contributed by atoms with E-state index in [9.17, 15) is 14.5 Å². The second-order valence-corrected chi connectivity index (χ2v) is 6.08. The summed E-state index contributed by atoms with van der Waals surface area (Å²) in [5, 5.41) is 15.3. The van der Waals surface area contributed by atoms with Crippen molar-refractivity contribution in [1.29, 1.82) is 0 Å². The van der Waals surface area contributed by atoms with Crippen LogP contribution in [0.2, 0.25) is 0 Å². The fourth-order valence-corrected chi connectivity index (χ4v) is 3.14. The van der Waals surface area contributed by atoms with E-state index < -0.39 is 10.7 Å². The van der Waals surface area contributed by atoms with Crippen molar-refractivity contribution in [3.05, 3.63) is 45.7 Å². The van der Waals surface area contributed by atoms with Crippen LogP contribution in [0.25, 0.3) is 0 Å². The zero-order valence-electron chi connectivity index (χ0n) is 10.4. The lowest BCUT2D eigenvalue weighted by atomic mass is 10.2. The molecule has 0 saturated carbocycles. The van der Waals surface area contributed by atoms with Crippen molar-refractivity contribution in [3.8, 4) is 0 Å². The molecule has 1 N–H and O–H groups in total. The first-order chi connectivity index (χ1) is 9.66. The minimum absolute atomic E-state index is 0.243. The van der Waals surface area contributed by atoms with E-state index >= 15 is 0 Å². The molecule has 106 valence electrons. The summed E-state index contributed by atoms with van der Waals surface area (Å²) >= 11 is 3.25. The molecule has 0 aliphatic rings. The number of hydrogen-bond acceptors (Lipinski definition) is 6. The summed E-state index contributed by atoms with van der Waals surface area (Å²) in [6, 6.07) is 3.60. The number of thioether (sulfide) groups is 1. The van der Waals surface area contributed by atoms with Crippen LogP contribution in [0.5, 0.6) is 0 Å². The first-order valence-corrected chi connectivity index (χ1v) is 7.73. The maximum atomic E-state index is 13.6. The van der Waals surface area contributed by atoms with Crippen LogP contribution in [-0.2, 0) is 0 Å². The van der Waals surface area contributed by atoms with E-state index in [4.69, 9.17) is 0 Å². The van der Waals surface area contributed by atoms with E-state index in [0.29, 0.717) is 6.54 Å². The van der Waals surface area contributed by atoms with Gasteiger partial charge in [-0.05, 0) is 12.5 Å².